The van der Waals surface area contributed by atoms with Gasteiger partial charge in [-0.25, -0.2) is 9.69 Å². The molecule has 1 saturated heterocycles. The third kappa shape index (κ3) is 4.72. The van der Waals surface area contributed by atoms with Crippen LogP contribution in [-0.2, 0) is 9.53 Å². The highest BCUT2D eigenvalue weighted by molar-refractivity contribution is 5.94. The van der Waals surface area contributed by atoms with Gasteiger partial charge >= 0.3 is 6.09 Å². The maximum absolute atomic E-state index is 12.6. The van der Waals surface area contributed by atoms with E-state index in [2.05, 4.69) is 13.8 Å². The van der Waals surface area contributed by atoms with E-state index in [1.165, 1.54) is 24.2 Å². The van der Waals surface area contributed by atoms with Gasteiger partial charge in [0, 0.05) is 5.92 Å². The highest BCUT2D eigenvalue weighted by Gasteiger charge is 2.42. The SMILES string of the molecule is CCCCC[C@H](C)C[C@@H](CC)C(=O)N1C(=O)O[C@@H](C)[C@H]1C. The largest absolute Gasteiger partial charge is 0.444 e. The molecule has 0 radical (unpaired) electrons. The molecule has 0 aromatic heterocycles. The van der Waals surface area contributed by atoms with E-state index in [9.17, 15) is 9.59 Å². The molecular weight excluding hydrogens is 266 g/mol. The number of rotatable bonds is 8. The summed E-state index contributed by atoms with van der Waals surface area (Å²) in [5.41, 5.74) is 0. The Bertz CT molecular complexity index is 356. The minimum Gasteiger partial charge on any atom is -0.444 e. The second kappa shape index (κ2) is 8.40. The van der Waals surface area contributed by atoms with E-state index in [0.29, 0.717) is 5.92 Å². The van der Waals surface area contributed by atoms with Crippen LogP contribution in [0.4, 0.5) is 4.79 Å². The molecule has 1 rings (SSSR count). The molecule has 0 spiro atoms. The van der Waals surface area contributed by atoms with Crippen molar-refractivity contribution < 1.29 is 14.3 Å². The van der Waals surface area contributed by atoms with Gasteiger partial charge < -0.3 is 4.74 Å². The van der Waals surface area contributed by atoms with Gasteiger partial charge in [0.25, 0.3) is 0 Å². The molecule has 4 atom stereocenters. The van der Waals surface area contributed by atoms with Crippen LogP contribution in [0.2, 0.25) is 0 Å². The Labute approximate surface area is 129 Å². The zero-order valence-corrected chi connectivity index (χ0v) is 14.2. The number of unbranched alkanes of at least 4 members (excludes halogenated alkanes) is 2. The lowest BCUT2D eigenvalue weighted by atomic mass is 9.89. The molecule has 4 heteroatoms. The Morgan fingerprint density at radius 3 is 2.43 bits per heavy atom. The first-order valence-electron chi connectivity index (χ1n) is 8.45. The molecule has 1 aliphatic rings. The van der Waals surface area contributed by atoms with Crippen LogP contribution in [0, 0.1) is 11.8 Å². The first-order chi connectivity index (χ1) is 9.92. The first-order valence-corrected chi connectivity index (χ1v) is 8.45. The highest BCUT2D eigenvalue weighted by atomic mass is 16.6. The van der Waals surface area contributed by atoms with Crippen LogP contribution in [0.15, 0.2) is 0 Å². The summed E-state index contributed by atoms with van der Waals surface area (Å²) < 4.78 is 5.15. The van der Waals surface area contributed by atoms with E-state index >= 15 is 0 Å². The van der Waals surface area contributed by atoms with Gasteiger partial charge in [0.15, 0.2) is 0 Å². The molecule has 1 heterocycles. The molecule has 21 heavy (non-hydrogen) atoms. The minimum atomic E-state index is -0.475. The van der Waals surface area contributed by atoms with Crippen LogP contribution in [0.1, 0.15) is 73.1 Å². The third-order valence-corrected chi connectivity index (χ3v) is 4.64. The maximum Gasteiger partial charge on any atom is 0.417 e. The van der Waals surface area contributed by atoms with Crippen LogP contribution < -0.4 is 0 Å². The number of nitrogens with zero attached hydrogens (tertiary/aromatic N) is 1. The van der Waals surface area contributed by atoms with Crippen LogP contribution in [0.25, 0.3) is 0 Å². The molecule has 0 aromatic rings. The van der Waals surface area contributed by atoms with E-state index in [4.69, 9.17) is 4.74 Å². The van der Waals surface area contributed by atoms with Gasteiger partial charge in [-0.3, -0.25) is 4.79 Å². The second-order valence-electron chi connectivity index (χ2n) is 6.48. The van der Waals surface area contributed by atoms with Gasteiger partial charge in [-0.2, -0.15) is 0 Å². The Morgan fingerprint density at radius 1 is 1.29 bits per heavy atom. The number of cyclic esters (lactones) is 1. The average molecular weight is 297 g/mol. The lowest BCUT2D eigenvalue weighted by Gasteiger charge is -2.25. The van der Waals surface area contributed by atoms with Crippen LogP contribution in [0.3, 0.4) is 0 Å². The summed E-state index contributed by atoms with van der Waals surface area (Å²) >= 11 is 0. The first kappa shape index (κ1) is 18.0. The van der Waals surface area contributed by atoms with Crippen LogP contribution >= 0.6 is 0 Å². The number of amides is 2. The number of hydrogen-bond acceptors (Lipinski definition) is 3. The molecule has 2 amide bonds. The molecule has 0 aromatic carbocycles. The summed E-state index contributed by atoms with van der Waals surface area (Å²) in [6.07, 6.45) is 5.82. The summed E-state index contributed by atoms with van der Waals surface area (Å²) in [5.74, 6) is 0.403. The van der Waals surface area contributed by atoms with Gasteiger partial charge in [-0.15, -0.1) is 0 Å². The Morgan fingerprint density at radius 2 is 1.95 bits per heavy atom. The van der Waals surface area contributed by atoms with E-state index in [0.717, 1.165) is 19.3 Å². The van der Waals surface area contributed by atoms with Gasteiger partial charge in [0.2, 0.25) is 5.91 Å². The number of carbonyl (C=O) groups is 2. The summed E-state index contributed by atoms with van der Waals surface area (Å²) in [6.45, 7) is 10.1. The molecule has 1 aliphatic heterocycles. The Balaban J connectivity index is 2.58. The lowest BCUT2D eigenvalue weighted by molar-refractivity contribution is -0.134. The van der Waals surface area contributed by atoms with Crippen molar-refractivity contribution >= 4 is 12.0 Å². The van der Waals surface area contributed by atoms with Crippen LogP contribution in [-0.4, -0.2) is 29.0 Å². The summed E-state index contributed by atoms with van der Waals surface area (Å²) in [7, 11) is 0. The molecule has 0 N–H and O–H groups in total. The summed E-state index contributed by atoms with van der Waals surface area (Å²) in [6, 6.07) is -0.158. The van der Waals surface area contributed by atoms with Gasteiger partial charge in [-0.05, 0) is 32.6 Å². The molecule has 0 aliphatic carbocycles. The Hall–Kier alpha value is -1.06. The van der Waals surface area contributed by atoms with Crippen molar-refractivity contribution in [3.63, 3.8) is 0 Å². The Kier molecular flexibility index (Phi) is 7.20. The van der Waals surface area contributed by atoms with Crippen molar-refractivity contribution in [2.75, 3.05) is 0 Å². The fourth-order valence-electron chi connectivity index (χ4n) is 2.97. The second-order valence-corrected chi connectivity index (χ2v) is 6.48. The van der Waals surface area contributed by atoms with Gasteiger partial charge in [0.05, 0.1) is 6.04 Å². The smallest absolute Gasteiger partial charge is 0.417 e. The fourth-order valence-corrected chi connectivity index (χ4v) is 2.97. The van der Waals surface area contributed by atoms with Crippen LogP contribution in [0.5, 0.6) is 0 Å². The number of ether oxygens (including phenoxy) is 1. The number of imide groups is 1. The molecule has 122 valence electrons. The summed E-state index contributed by atoms with van der Waals surface area (Å²) in [5, 5.41) is 0. The van der Waals surface area contributed by atoms with Gasteiger partial charge in [-0.1, -0.05) is 46.5 Å². The van der Waals surface area contributed by atoms with Crippen molar-refractivity contribution in [3.05, 3.63) is 0 Å². The van der Waals surface area contributed by atoms with E-state index in [-0.39, 0.29) is 24.0 Å². The minimum absolute atomic E-state index is 0.0540. The van der Waals surface area contributed by atoms with Crippen molar-refractivity contribution in [3.8, 4) is 0 Å². The van der Waals surface area contributed by atoms with E-state index in [1.807, 2.05) is 20.8 Å². The maximum atomic E-state index is 12.6. The monoisotopic (exact) mass is 297 g/mol. The standard InChI is InChI=1S/C17H31NO3/c1-6-8-9-10-12(3)11-15(7-2)16(19)18-13(4)14(5)21-17(18)20/h12-15H,6-11H2,1-5H3/t12-,13+,14-,15+/m0/s1. The zero-order valence-electron chi connectivity index (χ0n) is 14.2. The predicted molar refractivity (Wildman–Crippen MR) is 84.0 cm³/mol. The fraction of sp³-hybridized carbons (Fsp3) is 0.882. The third-order valence-electron chi connectivity index (χ3n) is 4.64. The van der Waals surface area contributed by atoms with Crippen molar-refractivity contribution in [2.24, 2.45) is 11.8 Å². The molecule has 0 saturated carbocycles. The van der Waals surface area contributed by atoms with Gasteiger partial charge in [0.1, 0.15) is 6.10 Å². The van der Waals surface area contributed by atoms with Crippen molar-refractivity contribution in [1.29, 1.82) is 0 Å². The van der Waals surface area contributed by atoms with E-state index < -0.39 is 6.09 Å². The van der Waals surface area contributed by atoms with Crippen molar-refractivity contribution in [2.45, 2.75) is 85.3 Å². The number of hydrogen-bond donors (Lipinski definition) is 0. The normalized spacial score (nSPS) is 24.8. The number of carbonyl (C=O) groups excluding carboxylic acids is 2. The summed E-state index contributed by atoms with van der Waals surface area (Å²) in [4.78, 5) is 25.8. The molecule has 1 fully saturated rings. The molecular formula is C17H31NO3. The molecule has 4 nitrogen and oxygen atoms in total. The van der Waals surface area contributed by atoms with E-state index in [1.54, 1.807) is 0 Å². The van der Waals surface area contributed by atoms with Crippen molar-refractivity contribution in [1.82, 2.24) is 4.90 Å². The average Bonchev–Trinajstić information content (AvgIpc) is 2.69. The molecule has 0 bridgehead atoms. The quantitative estimate of drug-likeness (QED) is 0.625. The highest BCUT2D eigenvalue weighted by Crippen LogP contribution is 2.27. The predicted octanol–water partition coefficient (Wildman–Crippen LogP) is 4.37. The molecule has 0 unspecified atom stereocenters. The zero-order chi connectivity index (χ0) is 16.0. The lowest BCUT2D eigenvalue weighted by Crippen LogP contribution is -2.42. The topological polar surface area (TPSA) is 46.6 Å².